The molecule has 0 atom stereocenters. The molecule has 1 N–H and O–H groups in total. The van der Waals surface area contributed by atoms with E-state index in [2.05, 4.69) is 11.2 Å². The van der Waals surface area contributed by atoms with E-state index >= 15 is 0 Å². The fraction of sp³-hybridized carbons (Fsp3) is 0.231. The summed E-state index contributed by atoms with van der Waals surface area (Å²) in [4.78, 5) is 11.0. The van der Waals surface area contributed by atoms with E-state index in [-0.39, 0.29) is 5.69 Å². The molecule has 1 aromatic heterocycles. The molecule has 0 saturated heterocycles. The van der Waals surface area contributed by atoms with Crippen LogP contribution < -0.4 is 0 Å². The van der Waals surface area contributed by atoms with Crippen LogP contribution in [0.5, 0.6) is 0 Å². The summed E-state index contributed by atoms with van der Waals surface area (Å²) in [5.74, 6) is -0.951. The van der Waals surface area contributed by atoms with Gasteiger partial charge >= 0.3 is 5.97 Å². The number of hydrogen-bond donors (Lipinski definition) is 1. The van der Waals surface area contributed by atoms with Gasteiger partial charge in [-0.1, -0.05) is 23.8 Å². The third-order valence-corrected chi connectivity index (χ3v) is 2.76. The maximum atomic E-state index is 11.0. The van der Waals surface area contributed by atoms with Gasteiger partial charge in [0.25, 0.3) is 0 Å². The Balaban J connectivity index is 2.34. The Hall–Kier alpha value is -2.10. The van der Waals surface area contributed by atoms with E-state index in [1.807, 2.05) is 26.0 Å². The predicted octanol–water partition coefficient (Wildman–Crippen LogP) is 2.25. The molecule has 0 spiro atoms. The van der Waals surface area contributed by atoms with Crippen molar-refractivity contribution in [1.82, 2.24) is 9.78 Å². The van der Waals surface area contributed by atoms with Crippen molar-refractivity contribution >= 4 is 5.97 Å². The Bertz CT molecular complexity index is 558. The van der Waals surface area contributed by atoms with E-state index in [9.17, 15) is 4.79 Å². The van der Waals surface area contributed by atoms with Gasteiger partial charge in [0.15, 0.2) is 0 Å². The van der Waals surface area contributed by atoms with Gasteiger partial charge in [0.1, 0.15) is 5.69 Å². The van der Waals surface area contributed by atoms with E-state index < -0.39 is 5.97 Å². The molecule has 2 rings (SSSR count). The molecule has 0 bridgehead atoms. The van der Waals surface area contributed by atoms with Crippen LogP contribution in [0.1, 0.15) is 27.2 Å². The summed E-state index contributed by atoms with van der Waals surface area (Å²) in [6, 6.07) is 7.64. The molecule has 0 amide bonds. The second-order valence-electron chi connectivity index (χ2n) is 4.11. The van der Waals surface area contributed by atoms with E-state index in [4.69, 9.17) is 5.11 Å². The van der Waals surface area contributed by atoms with Crippen molar-refractivity contribution in [1.29, 1.82) is 0 Å². The fourth-order valence-corrected chi connectivity index (χ4v) is 1.77. The van der Waals surface area contributed by atoms with Crippen molar-refractivity contribution in [3.63, 3.8) is 0 Å². The Morgan fingerprint density at radius 3 is 2.82 bits per heavy atom. The zero-order valence-corrected chi connectivity index (χ0v) is 9.84. The van der Waals surface area contributed by atoms with Crippen molar-refractivity contribution < 1.29 is 9.90 Å². The molecule has 4 nitrogen and oxygen atoms in total. The molecule has 1 aromatic carbocycles. The lowest BCUT2D eigenvalue weighted by atomic mass is 10.1. The lowest BCUT2D eigenvalue weighted by Gasteiger charge is -2.08. The molecule has 0 aliphatic heterocycles. The standard InChI is InChI=1S/C13H14N2O2/c1-9-3-4-10(2)11(7-9)8-15-12(13(16)17)5-6-14-15/h3-7H,8H2,1-2H3,(H,16,17). The molecule has 0 aliphatic carbocycles. The van der Waals surface area contributed by atoms with E-state index in [0.29, 0.717) is 6.54 Å². The Labute approximate surface area is 99.5 Å². The van der Waals surface area contributed by atoms with Gasteiger partial charge in [0.05, 0.1) is 6.54 Å². The normalized spacial score (nSPS) is 10.5. The highest BCUT2D eigenvalue weighted by Gasteiger charge is 2.11. The minimum atomic E-state index is -0.951. The molecule has 0 aliphatic rings. The molecule has 1 heterocycles. The van der Waals surface area contributed by atoms with Gasteiger partial charge in [0.2, 0.25) is 0 Å². The summed E-state index contributed by atoms with van der Waals surface area (Å²) in [5, 5.41) is 13.0. The molecule has 0 saturated carbocycles. The number of aromatic carboxylic acids is 1. The average Bonchev–Trinajstić information content (AvgIpc) is 2.71. The molecular formula is C13H14N2O2. The van der Waals surface area contributed by atoms with Crippen molar-refractivity contribution in [2.45, 2.75) is 20.4 Å². The van der Waals surface area contributed by atoms with Crippen LogP contribution in [-0.2, 0) is 6.54 Å². The van der Waals surface area contributed by atoms with Crippen LogP contribution in [0.2, 0.25) is 0 Å². The van der Waals surface area contributed by atoms with Gasteiger partial charge in [0, 0.05) is 6.20 Å². The van der Waals surface area contributed by atoms with Crippen LogP contribution in [0.15, 0.2) is 30.5 Å². The number of aromatic nitrogens is 2. The van der Waals surface area contributed by atoms with Crippen molar-refractivity contribution in [3.05, 3.63) is 52.8 Å². The summed E-state index contributed by atoms with van der Waals surface area (Å²) in [7, 11) is 0. The first-order valence-electron chi connectivity index (χ1n) is 5.39. The Morgan fingerprint density at radius 2 is 2.12 bits per heavy atom. The number of carboxylic acid groups (broad SMARTS) is 1. The molecule has 2 aromatic rings. The maximum Gasteiger partial charge on any atom is 0.354 e. The van der Waals surface area contributed by atoms with E-state index in [0.717, 1.165) is 16.7 Å². The smallest absolute Gasteiger partial charge is 0.354 e. The highest BCUT2D eigenvalue weighted by Crippen LogP contribution is 2.13. The van der Waals surface area contributed by atoms with Crippen molar-refractivity contribution in [2.24, 2.45) is 0 Å². The van der Waals surface area contributed by atoms with Gasteiger partial charge in [-0.2, -0.15) is 5.10 Å². The summed E-state index contributed by atoms with van der Waals surface area (Å²) in [6.07, 6.45) is 1.51. The SMILES string of the molecule is Cc1ccc(C)c(Cn2nccc2C(=O)O)c1. The highest BCUT2D eigenvalue weighted by atomic mass is 16.4. The Kier molecular flexibility index (Phi) is 2.95. The van der Waals surface area contributed by atoms with Gasteiger partial charge < -0.3 is 5.11 Å². The van der Waals surface area contributed by atoms with Crippen LogP contribution in [-0.4, -0.2) is 20.9 Å². The summed E-state index contributed by atoms with van der Waals surface area (Å²) >= 11 is 0. The lowest BCUT2D eigenvalue weighted by Crippen LogP contribution is -2.11. The number of rotatable bonds is 3. The molecular weight excluding hydrogens is 216 g/mol. The number of nitrogens with zero attached hydrogens (tertiary/aromatic N) is 2. The second-order valence-corrected chi connectivity index (χ2v) is 4.11. The molecule has 0 fully saturated rings. The van der Waals surface area contributed by atoms with Gasteiger partial charge in [-0.05, 0) is 31.0 Å². The van der Waals surface area contributed by atoms with Crippen LogP contribution >= 0.6 is 0 Å². The quantitative estimate of drug-likeness (QED) is 0.879. The molecule has 0 radical (unpaired) electrons. The first-order valence-corrected chi connectivity index (χ1v) is 5.39. The van der Waals surface area contributed by atoms with Gasteiger partial charge in [-0.15, -0.1) is 0 Å². The maximum absolute atomic E-state index is 11.0. The van der Waals surface area contributed by atoms with Crippen LogP contribution in [0.3, 0.4) is 0 Å². The largest absolute Gasteiger partial charge is 0.477 e. The molecule has 0 unspecified atom stereocenters. The van der Waals surface area contributed by atoms with E-state index in [1.54, 1.807) is 0 Å². The third kappa shape index (κ3) is 2.36. The highest BCUT2D eigenvalue weighted by molar-refractivity contribution is 5.85. The summed E-state index contributed by atoms with van der Waals surface area (Å²) in [6.45, 7) is 4.52. The monoisotopic (exact) mass is 230 g/mol. The topological polar surface area (TPSA) is 55.1 Å². The minimum Gasteiger partial charge on any atom is -0.477 e. The van der Waals surface area contributed by atoms with Crippen LogP contribution in [0, 0.1) is 13.8 Å². The zero-order valence-electron chi connectivity index (χ0n) is 9.84. The number of benzene rings is 1. The Morgan fingerprint density at radius 1 is 1.35 bits per heavy atom. The third-order valence-electron chi connectivity index (χ3n) is 2.76. The number of hydrogen-bond acceptors (Lipinski definition) is 2. The first-order chi connectivity index (χ1) is 8.08. The minimum absolute atomic E-state index is 0.214. The predicted molar refractivity (Wildman–Crippen MR) is 64.2 cm³/mol. The van der Waals surface area contributed by atoms with Gasteiger partial charge in [-0.25, -0.2) is 4.79 Å². The van der Waals surface area contributed by atoms with Crippen LogP contribution in [0.25, 0.3) is 0 Å². The van der Waals surface area contributed by atoms with Crippen LogP contribution in [0.4, 0.5) is 0 Å². The molecule has 88 valence electrons. The number of carbonyl (C=O) groups is 1. The van der Waals surface area contributed by atoms with Crippen molar-refractivity contribution in [2.75, 3.05) is 0 Å². The number of carboxylic acids is 1. The average molecular weight is 230 g/mol. The second kappa shape index (κ2) is 4.41. The van der Waals surface area contributed by atoms with Crippen molar-refractivity contribution in [3.8, 4) is 0 Å². The number of aryl methyl sites for hydroxylation is 2. The fourth-order valence-electron chi connectivity index (χ4n) is 1.77. The van der Waals surface area contributed by atoms with Gasteiger partial charge in [-0.3, -0.25) is 4.68 Å². The summed E-state index contributed by atoms with van der Waals surface area (Å²) < 4.78 is 1.50. The van der Waals surface area contributed by atoms with E-state index in [1.165, 1.54) is 16.9 Å². The molecule has 17 heavy (non-hydrogen) atoms. The lowest BCUT2D eigenvalue weighted by molar-refractivity contribution is 0.0684. The zero-order chi connectivity index (χ0) is 12.4. The summed E-state index contributed by atoms with van der Waals surface area (Å²) in [5.41, 5.74) is 3.61. The first kappa shape index (κ1) is 11.4. The molecule has 4 heteroatoms.